The zero-order valence-corrected chi connectivity index (χ0v) is 23.9. The SMILES string of the molecule is CCCCCOc1ccc(C2(CN)OCCO2)cc1.CCCCCOc1ccc(C2(CN=[N+]=[N-])OCCO2)cc1. The fraction of sp³-hybridized carbons (Fsp3) is 0.600. The maximum absolute atomic E-state index is 8.50. The van der Waals surface area contributed by atoms with Crippen molar-refractivity contribution in [3.8, 4) is 11.5 Å². The van der Waals surface area contributed by atoms with Crippen LogP contribution in [0, 0.1) is 0 Å². The summed E-state index contributed by atoms with van der Waals surface area (Å²) in [5, 5.41) is 3.59. The van der Waals surface area contributed by atoms with Crippen molar-refractivity contribution in [3.63, 3.8) is 0 Å². The summed E-state index contributed by atoms with van der Waals surface area (Å²) < 4.78 is 33.9. The third-order valence-electron chi connectivity index (χ3n) is 6.74. The number of unbranched alkanes of at least 4 members (excludes halogenated alkanes) is 4. The Morgan fingerprint density at radius 2 is 1.15 bits per heavy atom. The Labute approximate surface area is 237 Å². The monoisotopic (exact) mass is 556 g/mol. The van der Waals surface area contributed by atoms with Gasteiger partial charge in [0.25, 0.3) is 0 Å². The molecule has 2 heterocycles. The van der Waals surface area contributed by atoms with Gasteiger partial charge in [-0.25, -0.2) is 0 Å². The minimum Gasteiger partial charge on any atom is -0.494 e. The molecule has 0 unspecified atom stereocenters. The van der Waals surface area contributed by atoms with Gasteiger partial charge in [-0.2, -0.15) is 0 Å². The van der Waals surface area contributed by atoms with E-state index in [2.05, 4.69) is 23.9 Å². The molecule has 40 heavy (non-hydrogen) atoms. The molecule has 0 spiro atoms. The van der Waals surface area contributed by atoms with Gasteiger partial charge < -0.3 is 34.2 Å². The summed E-state index contributed by atoms with van der Waals surface area (Å²) in [5.74, 6) is -0.00920. The van der Waals surface area contributed by atoms with Crippen molar-refractivity contribution in [1.29, 1.82) is 0 Å². The quantitative estimate of drug-likeness (QED) is 0.120. The van der Waals surface area contributed by atoms with E-state index in [-0.39, 0.29) is 6.54 Å². The average Bonchev–Trinajstić information content (AvgIpc) is 3.69. The van der Waals surface area contributed by atoms with Gasteiger partial charge in [-0.1, -0.05) is 44.6 Å². The Hall–Kier alpha value is -2.85. The number of hydrogen-bond donors (Lipinski definition) is 1. The van der Waals surface area contributed by atoms with Gasteiger partial charge in [0.15, 0.2) is 0 Å². The molecule has 0 saturated carbocycles. The zero-order valence-electron chi connectivity index (χ0n) is 23.9. The van der Waals surface area contributed by atoms with E-state index < -0.39 is 11.6 Å². The van der Waals surface area contributed by atoms with Crippen LogP contribution in [0.15, 0.2) is 53.6 Å². The van der Waals surface area contributed by atoms with Crippen LogP contribution in [0.25, 0.3) is 10.4 Å². The summed E-state index contributed by atoms with van der Waals surface area (Å²) in [7, 11) is 0. The number of rotatable bonds is 15. The number of nitrogens with two attached hydrogens (primary N) is 1. The van der Waals surface area contributed by atoms with Gasteiger partial charge in [-0.15, -0.1) is 0 Å². The van der Waals surface area contributed by atoms with E-state index in [0.29, 0.717) is 33.0 Å². The highest BCUT2D eigenvalue weighted by molar-refractivity contribution is 5.31. The first-order valence-corrected chi connectivity index (χ1v) is 14.3. The van der Waals surface area contributed by atoms with Crippen LogP contribution in [-0.2, 0) is 30.5 Å². The summed E-state index contributed by atoms with van der Waals surface area (Å²) in [5.41, 5.74) is 16.1. The molecule has 0 amide bonds. The highest BCUT2D eigenvalue weighted by Crippen LogP contribution is 2.33. The maximum Gasteiger partial charge on any atom is 0.207 e. The summed E-state index contributed by atoms with van der Waals surface area (Å²) in [6, 6.07) is 15.4. The third kappa shape index (κ3) is 9.09. The highest BCUT2D eigenvalue weighted by atomic mass is 16.7. The van der Waals surface area contributed by atoms with E-state index >= 15 is 0 Å². The lowest BCUT2D eigenvalue weighted by atomic mass is 10.1. The Morgan fingerprint density at radius 3 is 1.55 bits per heavy atom. The Bertz CT molecular complexity index is 1020. The second-order valence-electron chi connectivity index (χ2n) is 9.65. The summed E-state index contributed by atoms with van der Waals surface area (Å²) in [6.07, 6.45) is 6.92. The molecule has 2 aromatic rings. The van der Waals surface area contributed by atoms with Crippen molar-refractivity contribution in [1.82, 2.24) is 0 Å². The van der Waals surface area contributed by atoms with Crippen molar-refractivity contribution >= 4 is 0 Å². The van der Waals surface area contributed by atoms with Crippen LogP contribution in [-0.4, -0.2) is 52.7 Å². The average molecular weight is 557 g/mol. The molecule has 2 aliphatic rings. The van der Waals surface area contributed by atoms with E-state index in [1.165, 1.54) is 25.7 Å². The summed E-state index contributed by atoms with van der Waals surface area (Å²) in [4.78, 5) is 2.79. The summed E-state index contributed by atoms with van der Waals surface area (Å²) >= 11 is 0. The Balaban J connectivity index is 0.000000222. The predicted molar refractivity (Wildman–Crippen MR) is 153 cm³/mol. The van der Waals surface area contributed by atoms with E-state index in [1.54, 1.807) is 0 Å². The first kappa shape index (κ1) is 31.7. The van der Waals surface area contributed by atoms with Crippen LogP contribution in [0.4, 0.5) is 0 Å². The number of hydrogen-bond acceptors (Lipinski definition) is 8. The molecule has 0 aliphatic carbocycles. The van der Waals surface area contributed by atoms with Crippen LogP contribution >= 0.6 is 0 Å². The molecule has 2 fully saturated rings. The molecule has 0 bridgehead atoms. The molecule has 220 valence electrons. The lowest BCUT2D eigenvalue weighted by Crippen LogP contribution is -2.36. The lowest BCUT2D eigenvalue weighted by Gasteiger charge is -2.26. The molecule has 4 rings (SSSR count). The Morgan fingerprint density at radius 1 is 0.725 bits per heavy atom. The van der Waals surface area contributed by atoms with Gasteiger partial charge in [-0.05, 0) is 66.9 Å². The minimum absolute atomic E-state index is 0.125. The standard InChI is InChI=1S/C15H21N3O3.C15H23NO3/c1-2-3-4-9-19-14-7-5-13(6-8-14)15(12-17-18-16)20-10-11-21-15;1-2-3-4-9-17-14-7-5-13(6-8-14)15(12-16)18-10-11-19-15/h5-8H,2-4,9-12H2,1H3;5-8H,2-4,9-12,16H2,1H3. The molecule has 2 aliphatic heterocycles. The van der Waals surface area contributed by atoms with Crippen LogP contribution in [0.2, 0.25) is 0 Å². The minimum atomic E-state index is -0.951. The molecule has 10 nitrogen and oxygen atoms in total. The molecule has 0 aromatic heterocycles. The number of nitrogens with zero attached hydrogens (tertiary/aromatic N) is 3. The highest BCUT2D eigenvalue weighted by Gasteiger charge is 2.38. The largest absolute Gasteiger partial charge is 0.494 e. The third-order valence-corrected chi connectivity index (χ3v) is 6.74. The van der Waals surface area contributed by atoms with E-state index in [0.717, 1.165) is 48.7 Å². The van der Waals surface area contributed by atoms with Crippen molar-refractivity contribution in [2.75, 3.05) is 52.7 Å². The van der Waals surface area contributed by atoms with Crippen LogP contribution in [0.3, 0.4) is 0 Å². The molecular formula is C30H44N4O6. The van der Waals surface area contributed by atoms with Crippen LogP contribution in [0.5, 0.6) is 11.5 Å². The van der Waals surface area contributed by atoms with Crippen molar-refractivity contribution < 1.29 is 28.4 Å². The van der Waals surface area contributed by atoms with Crippen molar-refractivity contribution in [2.24, 2.45) is 10.8 Å². The van der Waals surface area contributed by atoms with Gasteiger partial charge in [0.05, 0.1) is 52.7 Å². The van der Waals surface area contributed by atoms with Gasteiger partial charge in [0.2, 0.25) is 11.6 Å². The lowest BCUT2D eigenvalue weighted by molar-refractivity contribution is -0.157. The maximum atomic E-state index is 8.50. The normalized spacial score (nSPS) is 17.0. The second-order valence-corrected chi connectivity index (χ2v) is 9.65. The molecule has 0 atom stereocenters. The topological polar surface area (TPSA) is 130 Å². The summed E-state index contributed by atoms with van der Waals surface area (Å²) in [6.45, 7) is 8.46. The van der Waals surface area contributed by atoms with E-state index in [4.69, 9.17) is 39.7 Å². The second kappa shape index (κ2) is 17.1. The fourth-order valence-corrected chi connectivity index (χ4v) is 4.48. The number of benzene rings is 2. The molecule has 2 aromatic carbocycles. The molecule has 2 saturated heterocycles. The molecule has 0 radical (unpaired) electrons. The predicted octanol–water partition coefficient (Wildman–Crippen LogP) is 6.18. The van der Waals surface area contributed by atoms with Gasteiger partial charge in [-0.3, -0.25) is 0 Å². The van der Waals surface area contributed by atoms with Crippen molar-refractivity contribution in [2.45, 2.75) is 63.9 Å². The van der Waals surface area contributed by atoms with Gasteiger partial charge in [0.1, 0.15) is 11.5 Å². The first-order chi connectivity index (χ1) is 19.6. The molecule has 10 heteroatoms. The smallest absolute Gasteiger partial charge is 0.207 e. The van der Waals surface area contributed by atoms with Gasteiger partial charge >= 0.3 is 0 Å². The van der Waals surface area contributed by atoms with Gasteiger partial charge in [0, 0.05) is 16.0 Å². The van der Waals surface area contributed by atoms with Crippen LogP contribution < -0.4 is 15.2 Å². The fourth-order valence-electron chi connectivity index (χ4n) is 4.48. The number of ether oxygens (including phenoxy) is 6. The molecule has 2 N–H and O–H groups in total. The van der Waals surface area contributed by atoms with Crippen LogP contribution in [0.1, 0.15) is 63.5 Å². The number of azide groups is 1. The van der Waals surface area contributed by atoms with E-state index in [1.807, 2.05) is 48.5 Å². The zero-order chi connectivity index (χ0) is 28.5. The van der Waals surface area contributed by atoms with Crippen molar-refractivity contribution in [3.05, 3.63) is 70.1 Å². The molecular weight excluding hydrogens is 512 g/mol. The van der Waals surface area contributed by atoms with E-state index in [9.17, 15) is 0 Å². The Kier molecular flexibility index (Phi) is 13.5. The first-order valence-electron chi connectivity index (χ1n) is 14.3.